The lowest BCUT2D eigenvalue weighted by Crippen LogP contribution is -2.29. The van der Waals surface area contributed by atoms with Crippen molar-refractivity contribution in [2.24, 2.45) is 5.90 Å². The molecule has 1 saturated heterocycles. The minimum atomic E-state index is 0.457. The van der Waals surface area contributed by atoms with Crippen molar-refractivity contribution in [1.82, 2.24) is 0 Å². The molecule has 0 amide bonds. The van der Waals surface area contributed by atoms with E-state index in [1.54, 1.807) is 0 Å². The lowest BCUT2D eigenvalue weighted by molar-refractivity contribution is 0.124. The second-order valence-electron chi connectivity index (χ2n) is 4.14. The molecule has 0 radical (unpaired) electrons. The number of halogens is 1. The third kappa shape index (κ3) is 2.75. The summed E-state index contributed by atoms with van der Waals surface area (Å²) in [4.78, 5) is 7.07. The standard InChI is InChI=1S/C12H17BrN2O/c13-11-8-10(9-16-14)4-5-12(11)15-6-2-1-3-7-15/h4-5,8H,1-3,6-7,9,14H2. The van der Waals surface area contributed by atoms with Crippen molar-refractivity contribution in [3.05, 3.63) is 28.2 Å². The van der Waals surface area contributed by atoms with E-state index in [0.29, 0.717) is 6.61 Å². The Labute approximate surface area is 105 Å². The Bertz CT molecular complexity index is 351. The van der Waals surface area contributed by atoms with Gasteiger partial charge in [-0.15, -0.1) is 0 Å². The zero-order valence-corrected chi connectivity index (χ0v) is 10.9. The molecule has 2 rings (SSSR count). The van der Waals surface area contributed by atoms with Crippen molar-refractivity contribution in [3.63, 3.8) is 0 Å². The van der Waals surface area contributed by atoms with Crippen LogP contribution in [0.5, 0.6) is 0 Å². The largest absolute Gasteiger partial charge is 0.371 e. The fraction of sp³-hybridized carbons (Fsp3) is 0.500. The Kier molecular flexibility index (Phi) is 4.21. The van der Waals surface area contributed by atoms with Crippen LogP contribution in [-0.4, -0.2) is 13.1 Å². The van der Waals surface area contributed by atoms with Crippen LogP contribution in [0.2, 0.25) is 0 Å². The first kappa shape index (κ1) is 11.9. The van der Waals surface area contributed by atoms with Gasteiger partial charge in [0.05, 0.1) is 12.3 Å². The fourth-order valence-corrected chi connectivity index (χ4v) is 2.80. The average Bonchev–Trinajstić information content (AvgIpc) is 2.31. The minimum Gasteiger partial charge on any atom is -0.371 e. The second-order valence-corrected chi connectivity index (χ2v) is 5.00. The number of rotatable bonds is 3. The molecule has 16 heavy (non-hydrogen) atoms. The molecule has 3 nitrogen and oxygen atoms in total. The lowest BCUT2D eigenvalue weighted by atomic mass is 10.1. The summed E-state index contributed by atoms with van der Waals surface area (Å²) in [6.07, 6.45) is 3.94. The third-order valence-corrected chi connectivity index (χ3v) is 3.59. The number of nitrogens with zero attached hydrogens (tertiary/aromatic N) is 1. The SMILES string of the molecule is NOCc1ccc(N2CCCCC2)c(Br)c1. The Hall–Kier alpha value is -0.580. The maximum Gasteiger partial charge on any atom is 0.0930 e. The number of anilines is 1. The number of nitrogens with two attached hydrogens (primary N) is 1. The maximum absolute atomic E-state index is 5.07. The van der Waals surface area contributed by atoms with Gasteiger partial charge in [-0.05, 0) is 52.9 Å². The summed E-state index contributed by atoms with van der Waals surface area (Å²) in [6.45, 7) is 2.77. The molecule has 0 bridgehead atoms. The van der Waals surface area contributed by atoms with Gasteiger partial charge in [-0.2, -0.15) is 0 Å². The Balaban J connectivity index is 2.14. The zero-order valence-electron chi connectivity index (χ0n) is 9.29. The summed E-state index contributed by atoms with van der Waals surface area (Å²) in [5.74, 6) is 5.07. The molecule has 1 aromatic rings. The molecule has 0 unspecified atom stereocenters. The van der Waals surface area contributed by atoms with Gasteiger partial charge in [0.25, 0.3) is 0 Å². The predicted octanol–water partition coefficient (Wildman–Crippen LogP) is 2.83. The Morgan fingerprint density at radius 1 is 1.25 bits per heavy atom. The molecular formula is C12H17BrN2O. The highest BCUT2D eigenvalue weighted by Gasteiger charge is 2.13. The van der Waals surface area contributed by atoms with Gasteiger partial charge in [-0.1, -0.05) is 6.07 Å². The van der Waals surface area contributed by atoms with E-state index in [1.807, 2.05) is 0 Å². The van der Waals surface area contributed by atoms with Crippen LogP contribution < -0.4 is 10.8 Å². The van der Waals surface area contributed by atoms with Gasteiger partial charge in [-0.3, -0.25) is 4.84 Å². The first-order chi connectivity index (χ1) is 7.81. The topological polar surface area (TPSA) is 38.5 Å². The summed E-state index contributed by atoms with van der Waals surface area (Å²) < 4.78 is 1.13. The summed E-state index contributed by atoms with van der Waals surface area (Å²) in [5.41, 5.74) is 2.37. The summed E-state index contributed by atoms with van der Waals surface area (Å²) in [7, 11) is 0. The number of benzene rings is 1. The quantitative estimate of drug-likeness (QED) is 0.868. The van der Waals surface area contributed by atoms with E-state index in [-0.39, 0.29) is 0 Å². The lowest BCUT2D eigenvalue weighted by Gasteiger charge is -2.29. The van der Waals surface area contributed by atoms with E-state index in [0.717, 1.165) is 23.1 Å². The van der Waals surface area contributed by atoms with Gasteiger partial charge in [0.2, 0.25) is 0 Å². The number of hydrogen-bond donors (Lipinski definition) is 1. The van der Waals surface area contributed by atoms with Gasteiger partial charge in [0.1, 0.15) is 0 Å². The molecule has 0 saturated carbocycles. The number of hydrogen-bond acceptors (Lipinski definition) is 3. The molecule has 1 heterocycles. The highest BCUT2D eigenvalue weighted by atomic mass is 79.9. The average molecular weight is 285 g/mol. The van der Waals surface area contributed by atoms with E-state index >= 15 is 0 Å². The molecule has 4 heteroatoms. The van der Waals surface area contributed by atoms with Gasteiger partial charge < -0.3 is 4.90 Å². The third-order valence-electron chi connectivity index (χ3n) is 2.96. The fourth-order valence-electron chi connectivity index (χ4n) is 2.13. The highest BCUT2D eigenvalue weighted by molar-refractivity contribution is 9.10. The monoisotopic (exact) mass is 284 g/mol. The van der Waals surface area contributed by atoms with Crippen molar-refractivity contribution in [3.8, 4) is 0 Å². The summed E-state index contributed by atoms with van der Waals surface area (Å²) in [6, 6.07) is 6.29. The van der Waals surface area contributed by atoms with Crippen LogP contribution in [0, 0.1) is 0 Å². The van der Waals surface area contributed by atoms with Crippen LogP contribution in [0.1, 0.15) is 24.8 Å². The van der Waals surface area contributed by atoms with E-state index < -0.39 is 0 Å². The van der Waals surface area contributed by atoms with Gasteiger partial charge in [0, 0.05) is 17.6 Å². The second kappa shape index (κ2) is 5.66. The minimum absolute atomic E-state index is 0.457. The first-order valence-corrected chi connectivity index (χ1v) is 6.45. The molecule has 2 N–H and O–H groups in total. The van der Waals surface area contributed by atoms with Crippen LogP contribution in [0.4, 0.5) is 5.69 Å². The highest BCUT2D eigenvalue weighted by Crippen LogP contribution is 2.29. The van der Waals surface area contributed by atoms with Crippen molar-refractivity contribution in [2.45, 2.75) is 25.9 Å². The summed E-state index contributed by atoms with van der Waals surface area (Å²) >= 11 is 3.61. The van der Waals surface area contributed by atoms with Crippen LogP contribution >= 0.6 is 15.9 Å². The van der Waals surface area contributed by atoms with Gasteiger partial charge >= 0.3 is 0 Å². The molecule has 1 aromatic carbocycles. The first-order valence-electron chi connectivity index (χ1n) is 5.66. The summed E-state index contributed by atoms with van der Waals surface area (Å²) in [5, 5.41) is 0. The van der Waals surface area contributed by atoms with Crippen molar-refractivity contribution < 1.29 is 4.84 Å². The zero-order chi connectivity index (χ0) is 11.4. The molecule has 0 aromatic heterocycles. The van der Waals surface area contributed by atoms with E-state index in [9.17, 15) is 0 Å². The molecule has 0 aliphatic carbocycles. The Morgan fingerprint density at radius 2 is 2.00 bits per heavy atom. The van der Waals surface area contributed by atoms with Crippen LogP contribution in [0.25, 0.3) is 0 Å². The maximum atomic E-state index is 5.07. The normalized spacial score (nSPS) is 16.5. The van der Waals surface area contributed by atoms with Crippen LogP contribution in [0.15, 0.2) is 22.7 Å². The molecular weight excluding hydrogens is 268 g/mol. The van der Waals surface area contributed by atoms with Gasteiger partial charge in [-0.25, -0.2) is 5.90 Å². The number of piperidine rings is 1. The molecule has 1 aliphatic rings. The molecule has 88 valence electrons. The van der Waals surface area contributed by atoms with E-state index in [2.05, 4.69) is 43.9 Å². The van der Waals surface area contributed by atoms with Crippen LogP contribution in [0.3, 0.4) is 0 Å². The van der Waals surface area contributed by atoms with Gasteiger partial charge in [0.15, 0.2) is 0 Å². The molecule has 1 aliphatic heterocycles. The molecule has 0 atom stereocenters. The van der Waals surface area contributed by atoms with Crippen molar-refractivity contribution in [1.29, 1.82) is 0 Å². The molecule has 1 fully saturated rings. The Morgan fingerprint density at radius 3 is 2.62 bits per heavy atom. The molecule has 0 spiro atoms. The predicted molar refractivity (Wildman–Crippen MR) is 69.2 cm³/mol. The van der Waals surface area contributed by atoms with E-state index in [1.165, 1.54) is 24.9 Å². The van der Waals surface area contributed by atoms with Crippen LogP contribution in [-0.2, 0) is 11.4 Å². The van der Waals surface area contributed by atoms with Crippen molar-refractivity contribution in [2.75, 3.05) is 18.0 Å². The van der Waals surface area contributed by atoms with Crippen molar-refractivity contribution >= 4 is 21.6 Å². The van der Waals surface area contributed by atoms with E-state index in [4.69, 9.17) is 5.90 Å². The smallest absolute Gasteiger partial charge is 0.0930 e.